The van der Waals surface area contributed by atoms with E-state index in [1.807, 2.05) is 0 Å². The number of hydrogen-bond acceptors (Lipinski definition) is 3. The van der Waals surface area contributed by atoms with Crippen molar-refractivity contribution in [1.29, 1.82) is 10.5 Å². The maximum Gasteiger partial charge on any atom is 0.130 e. The van der Waals surface area contributed by atoms with Crippen molar-refractivity contribution in [3.63, 3.8) is 0 Å². The molecule has 0 spiro atoms. The fourth-order valence-corrected chi connectivity index (χ4v) is 1.81. The number of hydrogen-bond donors (Lipinski definition) is 0. The van der Waals surface area contributed by atoms with Gasteiger partial charge in [-0.2, -0.15) is 10.5 Å². The lowest BCUT2D eigenvalue weighted by molar-refractivity contribution is 0.297. The molecule has 0 radical (unpaired) electrons. The van der Waals surface area contributed by atoms with Gasteiger partial charge in [0, 0.05) is 17.2 Å². The Labute approximate surface area is 130 Å². The van der Waals surface area contributed by atoms with E-state index in [4.69, 9.17) is 15.3 Å². The molecule has 2 rings (SSSR count). The highest BCUT2D eigenvalue weighted by Crippen LogP contribution is 2.24. The second kappa shape index (κ2) is 7.15. The van der Waals surface area contributed by atoms with Crippen LogP contribution in [0.3, 0.4) is 0 Å². The van der Waals surface area contributed by atoms with E-state index in [0.29, 0.717) is 0 Å². The minimum absolute atomic E-state index is 0.0108. The van der Waals surface area contributed by atoms with Crippen molar-refractivity contribution in [2.24, 2.45) is 0 Å². The maximum atomic E-state index is 13.6. The summed E-state index contributed by atoms with van der Waals surface area (Å²) in [6, 6.07) is 9.75. The molecule has 0 N–H and O–H groups in total. The maximum absolute atomic E-state index is 13.6. The Hall–Kier alpha value is -3.25. The minimum Gasteiger partial charge on any atom is -0.488 e. The van der Waals surface area contributed by atoms with Gasteiger partial charge in [0.15, 0.2) is 0 Å². The summed E-state index contributed by atoms with van der Waals surface area (Å²) in [5.41, 5.74) is 0.0460. The van der Waals surface area contributed by atoms with E-state index in [-0.39, 0.29) is 29.1 Å². The van der Waals surface area contributed by atoms with Gasteiger partial charge in [-0.25, -0.2) is 13.2 Å². The molecule has 0 aromatic heterocycles. The van der Waals surface area contributed by atoms with Crippen LogP contribution in [0.1, 0.15) is 11.1 Å². The summed E-state index contributed by atoms with van der Waals surface area (Å²) in [7, 11) is 0. The molecule has 0 aliphatic heterocycles. The number of ether oxygens (including phenoxy) is 1. The zero-order valence-corrected chi connectivity index (χ0v) is 11.7. The van der Waals surface area contributed by atoms with E-state index in [1.54, 1.807) is 12.1 Å². The third kappa shape index (κ3) is 4.12. The number of nitrogens with zero attached hydrogens (tertiary/aromatic N) is 2. The van der Waals surface area contributed by atoms with Crippen molar-refractivity contribution in [2.45, 2.75) is 6.61 Å². The molecule has 0 saturated heterocycles. The Balaban J connectivity index is 2.31. The second-order valence-electron chi connectivity index (χ2n) is 4.49. The highest BCUT2D eigenvalue weighted by atomic mass is 19.1. The second-order valence-corrected chi connectivity index (χ2v) is 4.49. The van der Waals surface area contributed by atoms with Crippen LogP contribution in [0.15, 0.2) is 42.0 Å². The van der Waals surface area contributed by atoms with E-state index in [2.05, 4.69) is 0 Å². The van der Waals surface area contributed by atoms with Crippen molar-refractivity contribution in [3.05, 3.63) is 70.5 Å². The third-order valence-electron chi connectivity index (χ3n) is 2.91. The summed E-state index contributed by atoms with van der Waals surface area (Å²) in [6.45, 7) is -0.331. The van der Waals surface area contributed by atoms with Gasteiger partial charge in [-0.3, -0.25) is 0 Å². The van der Waals surface area contributed by atoms with Crippen LogP contribution in [0.2, 0.25) is 0 Å². The molecule has 0 aliphatic carbocycles. The Morgan fingerprint density at radius 2 is 1.65 bits per heavy atom. The number of halogens is 3. The van der Waals surface area contributed by atoms with Gasteiger partial charge in [0.05, 0.1) is 0 Å². The highest BCUT2D eigenvalue weighted by molar-refractivity contribution is 5.66. The van der Waals surface area contributed by atoms with Crippen molar-refractivity contribution < 1.29 is 17.9 Å². The van der Waals surface area contributed by atoms with Gasteiger partial charge in [-0.05, 0) is 36.4 Å². The molecule has 0 fully saturated rings. The molecule has 23 heavy (non-hydrogen) atoms. The first-order valence-electron chi connectivity index (χ1n) is 6.41. The van der Waals surface area contributed by atoms with Crippen LogP contribution in [0.5, 0.6) is 5.75 Å². The third-order valence-corrected chi connectivity index (χ3v) is 2.91. The molecule has 0 aliphatic rings. The summed E-state index contributed by atoms with van der Waals surface area (Å²) >= 11 is 0. The summed E-state index contributed by atoms with van der Waals surface area (Å²) in [4.78, 5) is 0. The molecule has 3 nitrogen and oxygen atoms in total. The molecule has 2 aromatic rings. The smallest absolute Gasteiger partial charge is 0.130 e. The number of benzene rings is 2. The van der Waals surface area contributed by atoms with E-state index < -0.39 is 17.5 Å². The van der Waals surface area contributed by atoms with Gasteiger partial charge in [-0.15, -0.1) is 0 Å². The molecular weight excluding hydrogens is 305 g/mol. The summed E-state index contributed by atoms with van der Waals surface area (Å²) in [6.07, 6.45) is 1.22. The van der Waals surface area contributed by atoms with Crippen molar-refractivity contribution >= 4 is 6.08 Å². The van der Waals surface area contributed by atoms with Gasteiger partial charge in [-0.1, -0.05) is 0 Å². The molecule has 0 bridgehead atoms. The predicted octanol–water partition coefficient (Wildman–Crippen LogP) is 4.11. The van der Waals surface area contributed by atoms with Crippen LogP contribution in [0, 0.1) is 40.1 Å². The Morgan fingerprint density at radius 3 is 2.35 bits per heavy atom. The Morgan fingerprint density at radius 1 is 1.00 bits per heavy atom. The van der Waals surface area contributed by atoms with E-state index in [0.717, 1.165) is 30.3 Å². The Bertz CT molecular complexity index is 832. The van der Waals surface area contributed by atoms with E-state index in [9.17, 15) is 13.2 Å². The standard InChI is InChI=1S/C17H9F3N2O/c18-14-3-4-16(20)13(6-14)10-23-17-7-15(19)2-1-12(17)5-11(8-21)9-22/h1-7H,10H2. The zero-order chi connectivity index (χ0) is 16.8. The normalized spacial score (nSPS) is 9.61. The lowest BCUT2D eigenvalue weighted by Gasteiger charge is -2.10. The predicted molar refractivity (Wildman–Crippen MR) is 76.3 cm³/mol. The van der Waals surface area contributed by atoms with Gasteiger partial charge < -0.3 is 4.74 Å². The summed E-state index contributed by atoms with van der Waals surface area (Å²) < 4.78 is 45.3. The molecule has 0 saturated carbocycles. The average molecular weight is 314 g/mol. The molecule has 2 aromatic carbocycles. The first kappa shape index (κ1) is 16.1. The van der Waals surface area contributed by atoms with Gasteiger partial charge in [0.1, 0.15) is 47.5 Å². The molecule has 0 heterocycles. The molecular formula is C17H9F3N2O. The quantitative estimate of drug-likeness (QED) is 0.798. The fraction of sp³-hybridized carbons (Fsp3) is 0.0588. The SMILES string of the molecule is N#CC(C#N)=Cc1ccc(F)cc1OCc1cc(F)ccc1F. The topological polar surface area (TPSA) is 56.8 Å². The van der Waals surface area contributed by atoms with Gasteiger partial charge in [0.25, 0.3) is 0 Å². The largest absolute Gasteiger partial charge is 0.488 e. The van der Waals surface area contributed by atoms with Crippen molar-refractivity contribution in [3.8, 4) is 17.9 Å². The minimum atomic E-state index is -0.658. The van der Waals surface area contributed by atoms with Crippen LogP contribution in [-0.4, -0.2) is 0 Å². The number of rotatable bonds is 4. The zero-order valence-electron chi connectivity index (χ0n) is 11.7. The number of nitriles is 2. The lowest BCUT2D eigenvalue weighted by atomic mass is 10.1. The lowest BCUT2D eigenvalue weighted by Crippen LogP contribution is -2.01. The van der Waals surface area contributed by atoms with Crippen molar-refractivity contribution in [2.75, 3.05) is 0 Å². The van der Waals surface area contributed by atoms with Crippen LogP contribution in [0.25, 0.3) is 6.08 Å². The van der Waals surface area contributed by atoms with E-state index >= 15 is 0 Å². The molecule has 0 atom stereocenters. The summed E-state index contributed by atoms with van der Waals surface area (Å²) in [5.74, 6) is -1.88. The average Bonchev–Trinajstić information content (AvgIpc) is 2.55. The number of allylic oxidation sites excluding steroid dienone is 1. The van der Waals surface area contributed by atoms with E-state index in [1.165, 1.54) is 12.1 Å². The fourth-order valence-electron chi connectivity index (χ4n) is 1.81. The highest BCUT2D eigenvalue weighted by Gasteiger charge is 2.09. The molecule has 114 valence electrons. The van der Waals surface area contributed by atoms with Crippen LogP contribution < -0.4 is 4.74 Å². The van der Waals surface area contributed by atoms with Crippen LogP contribution >= 0.6 is 0 Å². The summed E-state index contributed by atoms with van der Waals surface area (Å²) in [5, 5.41) is 17.5. The molecule has 0 unspecified atom stereocenters. The van der Waals surface area contributed by atoms with Crippen LogP contribution in [-0.2, 0) is 6.61 Å². The van der Waals surface area contributed by atoms with Crippen LogP contribution in [0.4, 0.5) is 13.2 Å². The van der Waals surface area contributed by atoms with Gasteiger partial charge in [0.2, 0.25) is 0 Å². The Kier molecular flexibility index (Phi) is 5.01. The molecule has 6 heteroatoms. The molecule has 0 amide bonds. The monoisotopic (exact) mass is 314 g/mol. The van der Waals surface area contributed by atoms with Crippen molar-refractivity contribution in [1.82, 2.24) is 0 Å². The first-order valence-corrected chi connectivity index (χ1v) is 6.41. The van der Waals surface area contributed by atoms with Gasteiger partial charge >= 0.3 is 0 Å². The first-order chi connectivity index (χ1) is 11.0.